The molecular formula is C8H11N3. The first-order valence-electron chi connectivity index (χ1n) is 3.52. The summed E-state index contributed by atoms with van der Waals surface area (Å²) in [5.41, 5.74) is 6.78. The van der Waals surface area contributed by atoms with Crippen molar-refractivity contribution in [3.05, 3.63) is 18.0 Å². The average Bonchev–Trinajstić information content (AvgIpc) is 2.52. The first-order valence-corrected chi connectivity index (χ1v) is 3.52. The minimum absolute atomic E-state index is 0.0183. The zero-order valence-corrected chi connectivity index (χ0v) is 6.25. The third-order valence-electron chi connectivity index (χ3n) is 1.55. The Morgan fingerprint density at radius 3 is 3.18 bits per heavy atom. The second-order valence-corrected chi connectivity index (χ2v) is 2.38. The number of nitrogens with zero attached hydrogens (tertiary/aromatic N) is 1. The van der Waals surface area contributed by atoms with Crippen molar-refractivity contribution < 1.29 is 0 Å². The number of terminal acetylenes is 1. The smallest absolute Gasteiger partial charge is 0.0535 e. The predicted octanol–water partition coefficient (Wildman–Crippen LogP) is 0.823. The van der Waals surface area contributed by atoms with Crippen molar-refractivity contribution in [2.24, 2.45) is 5.73 Å². The number of hydrogen-bond acceptors (Lipinski definition) is 2. The first kappa shape index (κ1) is 7.83. The Bertz CT molecular complexity index is 232. The molecule has 0 amide bonds. The number of H-pyrrole nitrogens is 1. The monoisotopic (exact) mass is 149 g/mol. The van der Waals surface area contributed by atoms with Crippen LogP contribution in [0.3, 0.4) is 0 Å². The first-order chi connectivity index (χ1) is 5.34. The highest BCUT2D eigenvalue weighted by molar-refractivity contribution is 5.08. The van der Waals surface area contributed by atoms with Gasteiger partial charge in [0.25, 0.3) is 0 Å². The van der Waals surface area contributed by atoms with Gasteiger partial charge in [0, 0.05) is 24.2 Å². The Morgan fingerprint density at radius 2 is 2.64 bits per heavy atom. The lowest BCUT2D eigenvalue weighted by Crippen LogP contribution is -2.08. The van der Waals surface area contributed by atoms with Gasteiger partial charge in [-0.15, -0.1) is 12.3 Å². The Hall–Kier alpha value is -1.27. The molecule has 0 saturated heterocycles. The minimum Gasteiger partial charge on any atom is -0.324 e. The fourth-order valence-electron chi connectivity index (χ4n) is 0.869. The molecule has 0 saturated carbocycles. The molecular weight excluding hydrogens is 138 g/mol. The lowest BCUT2D eigenvalue weighted by atomic mass is 10.1. The van der Waals surface area contributed by atoms with Gasteiger partial charge in [-0.3, -0.25) is 5.10 Å². The molecule has 1 aromatic rings. The Balaban J connectivity index is 2.44. The van der Waals surface area contributed by atoms with Crippen molar-refractivity contribution in [1.82, 2.24) is 10.2 Å². The van der Waals surface area contributed by atoms with Gasteiger partial charge in [-0.2, -0.15) is 5.10 Å². The van der Waals surface area contributed by atoms with Crippen LogP contribution in [0.1, 0.15) is 24.4 Å². The van der Waals surface area contributed by atoms with Gasteiger partial charge >= 0.3 is 0 Å². The lowest BCUT2D eigenvalue weighted by molar-refractivity contribution is 0.668. The number of nitrogens with two attached hydrogens (primary N) is 1. The Labute approximate surface area is 66.0 Å². The molecule has 0 fully saturated rings. The molecule has 1 unspecified atom stereocenters. The van der Waals surface area contributed by atoms with Crippen LogP contribution in [0.4, 0.5) is 0 Å². The molecule has 0 aliphatic heterocycles. The van der Waals surface area contributed by atoms with Crippen LogP contribution in [0.15, 0.2) is 12.4 Å². The second kappa shape index (κ2) is 3.79. The SMILES string of the molecule is C#CCCC(N)c1cn[nH]c1. The van der Waals surface area contributed by atoms with Gasteiger partial charge in [0.05, 0.1) is 6.20 Å². The summed E-state index contributed by atoms with van der Waals surface area (Å²) in [5, 5.41) is 6.50. The van der Waals surface area contributed by atoms with Crippen LogP contribution >= 0.6 is 0 Å². The molecule has 0 aliphatic rings. The van der Waals surface area contributed by atoms with Gasteiger partial charge in [0.1, 0.15) is 0 Å². The van der Waals surface area contributed by atoms with E-state index in [1.165, 1.54) is 0 Å². The Morgan fingerprint density at radius 1 is 1.82 bits per heavy atom. The zero-order chi connectivity index (χ0) is 8.10. The normalized spacial score (nSPS) is 12.4. The van der Waals surface area contributed by atoms with E-state index >= 15 is 0 Å². The molecule has 3 nitrogen and oxygen atoms in total. The second-order valence-electron chi connectivity index (χ2n) is 2.38. The van der Waals surface area contributed by atoms with Crippen LogP contribution in [-0.2, 0) is 0 Å². The maximum atomic E-state index is 5.77. The molecule has 0 bridgehead atoms. The van der Waals surface area contributed by atoms with Crippen LogP contribution in [-0.4, -0.2) is 10.2 Å². The van der Waals surface area contributed by atoms with E-state index in [0.29, 0.717) is 6.42 Å². The van der Waals surface area contributed by atoms with E-state index in [2.05, 4.69) is 16.1 Å². The highest BCUT2D eigenvalue weighted by Crippen LogP contribution is 2.12. The molecule has 0 spiro atoms. The number of hydrogen-bond donors (Lipinski definition) is 2. The fourth-order valence-corrected chi connectivity index (χ4v) is 0.869. The summed E-state index contributed by atoms with van der Waals surface area (Å²) >= 11 is 0. The van der Waals surface area contributed by atoms with Crippen LogP contribution in [0.2, 0.25) is 0 Å². The lowest BCUT2D eigenvalue weighted by Gasteiger charge is -2.04. The summed E-state index contributed by atoms with van der Waals surface area (Å²) in [4.78, 5) is 0. The number of nitrogens with one attached hydrogen (secondary N) is 1. The molecule has 11 heavy (non-hydrogen) atoms. The van der Waals surface area contributed by atoms with Crippen molar-refractivity contribution in [3.63, 3.8) is 0 Å². The summed E-state index contributed by atoms with van der Waals surface area (Å²) in [6.45, 7) is 0. The van der Waals surface area contributed by atoms with Crippen molar-refractivity contribution in [2.75, 3.05) is 0 Å². The molecule has 3 heteroatoms. The molecule has 1 aromatic heterocycles. The minimum atomic E-state index is 0.0183. The van der Waals surface area contributed by atoms with Crippen LogP contribution in [0.5, 0.6) is 0 Å². The Kier molecular flexibility index (Phi) is 2.70. The van der Waals surface area contributed by atoms with E-state index in [-0.39, 0.29) is 6.04 Å². The van der Waals surface area contributed by atoms with E-state index in [1.54, 1.807) is 12.4 Å². The molecule has 0 aromatic carbocycles. The average molecular weight is 149 g/mol. The van der Waals surface area contributed by atoms with Crippen molar-refractivity contribution in [2.45, 2.75) is 18.9 Å². The summed E-state index contributed by atoms with van der Waals surface area (Å²) < 4.78 is 0. The molecule has 3 N–H and O–H groups in total. The highest BCUT2D eigenvalue weighted by Gasteiger charge is 2.04. The number of aromatic amines is 1. The molecule has 0 aliphatic carbocycles. The fraction of sp³-hybridized carbons (Fsp3) is 0.375. The zero-order valence-electron chi connectivity index (χ0n) is 6.25. The van der Waals surface area contributed by atoms with Gasteiger partial charge < -0.3 is 5.73 Å². The summed E-state index contributed by atoms with van der Waals surface area (Å²) in [6.07, 6.45) is 10.1. The summed E-state index contributed by atoms with van der Waals surface area (Å²) in [6, 6.07) is 0.0183. The number of rotatable bonds is 3. The van der Waals surface area contributed by atoms with Crippen LogP contribution in [0, 0.1) is 12.3 Å². The van der Waals surface area contributed by atoms with Crippen LogP contribution < -0.4 is 5.73 Å². The quantitative estimate of drug-likeness (QED) is 0.625. The number of aromatic nitrogens is 2. The molecule has 1 heterocycles. The van der Waals surface area contributed by atoms with Gasteiger partial charge in [-0.25, -0.2) is 0 Å². The highest BCUT2D eigenvalue weighted by atomic mass is 15.1. The maximum Gasteiger partial charge on any atom is 0.0535 e. The van der Waals surface area contributed by atoms with E-state index < -0.39 is 0 Å². The largest absolute Gasteiger partial charge is 0.324 e. The molecule has 1 rings (SSSR count). The molecule has 1 atom stereocenters. The predicted molar refractivity (Wildman–Crippen MR) is 43.6 cm³/mol. The summed E-state index contributed by atoms with van der Waals surface area (Å²) in [7, 11) is 0. The molecule has 0 radical (unpaired) electrons. The van der Waals surface area contributed by atoms with E-state index in [1.807, 2.05) is 0 Å². The summed E-state index contributed by atoms with van der Waals surface area (Å²) in [5.74, 6) is 2.55. The maximum absolute atomic E-state index is 5.77. The van der Waals surface area contributed by atoms with Crippen LogP contribution in [0.25, 0.3) is 0 Å². The van der Waals surface area contributed by atoms with Crippen molar-refractivity contribution in [1.29, 1.82) is 0 Å². The van der Waals surface area contributed by atoms with E-state index in [0.717, 1.165) is 12.0 Å². The van der Waals surface area contributed by atoms with Crippen molar-refractivity contribution >= 4 is 0 Å². The topological polar surface area (TPSA) is 54.7 Å². The van der Waals surface area contributed by atoms with Gasteiger partial charge in [-0.1, -0.05) is 0 Å². The molecule has 58 valence electrons. The van der Waals surface area contributed by atoms with Gasteiger partial charge in [-0.05, 0) is 6.42 Å². The van der Waals surface area contributed by atoms with Gasteiger partial charge in [0.15, 0.2) is 0 Å². The van der Waals surface area contributed by atoms with Gasteiger partial charge in [0.2, 0.25) is 0 Å². The van der Waals surface area contributed by atoms with Crippen molar-refractivity contribution in [3.8, 4) is 12.3 Å². The standard InChI is InChI=1S/C8H11N3/c1-2-3-4-8(9)7-5-10-11-6-7/h1,5-6,8H,3-4,9H2,(H,10,11). The third-order valence-corrected chi connectivity index (χ3v) is 1.55. The van der Waals surface area contributed by atoms with E-state index in [4.69, 9.17) is 12.2 Å². The third kappa shape index (κ3) is 2.10. The van der Waals surface area contributed by atoms with E-state index in [9.17, 15) is 0 Å².